The molecular weight excluding hydrogens is 360 g/mol. The molecule has 0 bridgehead atoms. The second-order valence-corrected chi connectivity index (χ2v) is 7.02. The Morgan fingerprint density at radius 3 is 2.86 bits per heavy atom. The number of fused-ring (bicyclic) bond motifs is 4. The second-order valence-electron chi connectivity index (χ2n) is 7.02. The van der Waals surface area contributed by atoms with E-state index in [-0.39, 0.29) is 24.5 Å². The minimum Gasteiger partial charge on any atom is -0.483 e. The maximum absolute atomic E-state index is 12.6. The van der Waals surface area contributed by atoms with Crippen LogP contribution in [-0.2, 0) is 22.4 Å². The zero-order chi connectivity index (χ0) is 19.7. The third-order valence-corrected chi connectivity index (χ3v) is 5.40. The Kier molecular flexibility index (Phi) is 4.81. The maximum Gasteiger partial charge on any atom is 0.290 e. The first kappa shape index (κ1) is 18.1. The summed E-state index contributed by atoms with van der Waals surface area (Å²) in [5.41, 5.74) is 2.02. The molecule has 2 atom stereocenters. The van der Waals surface area contributed by atoms with E-state index in [4.69, 9.17) is 9.90 Å². The van der Waals surface area contributed by atoms with Gasteiger partial charge in [-0.1, -0.05) is 12.1 Å². The van der Waals surface area contributed by atoms with Crippen molar-refractivity contribution in [1.29, 1.82) is 0 Å². The zero-order valence-corrected chi connectivity index (χ0v) is 15.6. The number of aromatic amines is 1. The van der Waals surface area contributed by atoms with Crippen LogP contribution < -0.4 is 0 Å². The van der Waals surface area contributed by atoms with Gasteiger partial charge >= 0.3 is 0 Å². The minimum absolute atomic E-state index is 0.108. The highest BCUT2D eigenvalue weighted by atomic mass is 16.3. The van der Waals surface area contributed by atoms with Gasteiger partial charge in [0.15, 0.2) is 5.82 Å². The predicted octanol–water partition coefficient (Wildman–Crippen LogP) is 1.88. The molecule has 5 rings (SSSR count). The van der Waals surface area contributed by atoms with Crippen molar-refractivity contribution >= 4 is 23.4 Å². The van der Waals surface area contributed by atoms with E-state index in [2.05, 4.69) is 24.7 Å². The third kappa shape index (κ3) is 3.02. The van der Waals surface area contributed by atoms with Gasteiger partial charge in [-0.05, 0) is 31.9 Å². The van der Waals surface area contributed by atoms with Crippen LogP contribution in [0.3, 0.4) is 0 Å². The Labute approximate surface area is 161 Å². The number of nitrogens with zero attached hydrogens (tertiary/aromatic N) is 5. The van der Waals surface area contributed by atoms with E-state index in [1.54, 1.807) is 0 Å². The Hall–Kier alpha value is -3.23. The summed E-state index contributed by atoms with van der Waals surface area (Å²) in [7, 11) is 0. The van der Waals surface area contributed by atoms with Crippen molar-refractivity contribution in [2.75, 3.05) is 6.54 Å². The largest absolute Gasteiger partial charge is 0.483 e. The summed E-state index contributed by atoms with van der Waals surface area (Å²) < 4.78 is 2.05. The molecule has 0 aliphatic carbocycles. The molecule has 0 unspecified atom stereocenters. The minimum atomic E-state index is -0.250. The van der Waals surface area contributed by atoms with Crippen LogP contribution in [0.25, 0.3) is 11.0 Å². The van der Waals surface area contributed by atoms with Crippen LogP contribution in [0.4, 0.5) is 0 Å². The molecule has 1 saturated heterocycles. The fraction of sp³-hybridized carbons (Fsp3) is 0.421. The molecule has 2 aromatic heterocycles. The summed E-state index contributed by atoms with van der Waals surface area (Å²) in [6, 6.07) is 7.91. The van der Waals surface area contributed by atoms with Crippen molar-refractivity contribution < 1.29 is 14.7 Å². The Balaban J connectivity index is 0.000000604. The van der Waals surface area contributed by atoms with Crippen molar-refractivity contribution in [1.82, 2.24) is 29.6 Å². The molecule has 4 heterocycles. The first-order chi connectivity index (χ1) is 13.6. The number of hydrogen-bond donors (Lipinski definition) is 2. The molecule has 2 N–H and O–H groups in total. The van der Waals surface area contributed by atoms with E-state index < -0.39 is 0 Å². The lowest BCUT2D eigenvalue weighted by Gasteiger charge is -2.34. The quantitative estimate of drug-likeness (QED) is 0.668. The number of carbonyl (C=O) groups is 2. The summed E-state index contributed by atoms with van der Waals surface area (Å²) in [6.45, 7) is 2.55. The SMILES string of the molecule is C[C@H]1C(=O)N2CCC[C@@H]2c2nnc(CCc3nc4ccccc4[nH]3)n21.O=CO. The highest BCUT2D eigenvalue weighted by Gasteiger charge is 2.42. The van der Waals surface area contributed by atoms with Crippen molar-refractivity contribution in [3.63, 3.8) is 0 Å². The van der Waals surface area contributed by atoms with Gasteiger partial charge in [0, 0.05) is 19.4 Å². The van der Waals surface area contributed by atoms with Gasteiger partial charge < -0.3 is 19.6 Å². The Morgan fingerprint density at radius 1 is 1.29 bits per heavy atom. The maximum atomic E-state index is 12.6. The van der Waals surface area contributed by atoms with Gasteiger partial charge in [0.25, 0.3) is 6.47 Å². The summed E-state index contributed by atoms with van der Waals surface area (Å²) >= 11 is 0. The molecule has 1 amide bonds. The lowest BCUT2D eigenvalue weighted by Crippen LogP contribution is -2.42. The zero-order valence-electron chi connectivity index (χ0n) is 15.6. The number of carbonyl (C=O) groups excluding carboxylic acids is 1. The highest BCUT2D eigenvalue weighted by Crippen LogP contribution is 2.38. The van der Waals surface area contributed by atoms with Crippen LogP contribution in [-0.4, -0.2) is 53.7 Å². The van der Waals surface area contributed by atoms with Crippen LogP contribution in [0.15, 0.2) is 24.3 Å². The van der Waals surface area contributed by atoms with E-state index in [0.29, 0.717) is 0 Å². The van der Waals surface area contributed by atoms with Gasteiger partial charge in [-0.25, -0.2) is 4.98 Å². The van der Waals surface area contributed by atoms with Crippen LogP contribution in [0.2, 0.25) is 0 Å². The van der Waals surface area contributed by atoms with Crippen molar-refractivity contribution in [3.8, 4) is 0 Å². The molecule has 0 saturated carbocycles. The number of benzene rings is 1. The van der Waals surface area contributed by atoms with E-state index in [0.717, 1.165) is 60.7 Å². The molecule has 2 aliphatic heterocycles. The van der Waals surface area contributed by atoms with Gasteiger partial charge in [0.05, 0.1) is 17.1 Å². The number of amides is 1. The number of H-pyrrole nitrogens is 1. The summed E-state index contributed by atoms with van der Waals surface area (Å²) in [6.07, 6.45) is 3.50. The first-order valence-corrected chi connectivity index (χ1v) is 9.39. The van der Waals surface area contributed by atoms with Crippen LogP contribution in [0.5, 0.6) is 0 Å². The monoisotopic (exact) mass is 382 g/mol. The van der Waals surface area contributed by atoms with Crippen molar-refractivity contribution in [2.24, 2.45) is 0 Å². The highest BCUT2D eigenvalue weighted by molar-refractivity contribution is 5.82. The average molecular weight is 382 g/mol. The number of rotatable bonds is 3. The normalized spacial score (nSPS) is 20.5. The fourth-order valence-electron chi connectivity index (χ4n) is 4.16. The molecule has 9 nitrogen and oxygen atoms in total. The van der Waals surface area contributed by atoms with Crippen molar-refractivity contribution in [3.05, 3.63) is 41.7 Å². The lowest BCUT2D eigenvalue weighted by molar-refractivity contribution is -0.137. The van der Waals surface area contributed by atoms with E-state index >= 15 is 0 Å². The van der Waals surface area contributed by atoms with Crippen LogP contribution in [0, 0.1) is 0 Å². The van der Waals surface area contributed by atoms with E-state index in [1.807, 2.05) is 36.1 Å². The van der Waals surface area contributed by atoms with E-state index in [9.17, 15) is 4.79 Å². The summed E-state index contributed by atoms with van der Waals surface area (Å²) in [4.78, 5) is 30.9. The molecular formula is C19H22N6O3. The van der Waals surface area contributed by atoms with Crippen molar-refractivity contribution in [2.45, 2.75) is 44.7 Å². The predicted molar refractivity (Wildman–Crippen MR) is 101 cm³/mol. The smallest absolute Gasteiger partial charge is 0.290 e. The van der Waals surface area contributed by atoms with Gasteiger partial charge in [-0.3, -0.25) is 9.59 Å². The number of imidazole rings is 1. The van der Waals surface area contributed by atoms with Gasteiger partial charge in [0.1, 0.15) is 17.7 Å². The molecule has 3 aromatic rings. The average Bonchev–Trinajstić information content (AvgIpc) is 3.41. The Morgan fingerprint density at radius 2 is 2.07 bits per heavy atom. The van der Waals surface area contributed by atoms with Gasteiger partial charge in [0.2, 0.25) is 5.91 Å². The third-order valence-electron chi connectivity index (χ3n) is 5.40. The van der Waals surface area contributed by atoms with Gasteiger partial charge in [-0.2, -0.15) is 0 Å². The summed E-state index contributed by atoms with van der Waals surface area (Å²) in [5.74, 6) is 2.96. The number of hydrogen-bond acceptors (Lipinski definition) is 5. The molecule has 1 aromatic carbocycles. The number of carboxylic acid groups (broad SMARTS) is 1. The molecule has 0 spiro atoms. The first-order valence-electron chi connectivity index (χ1n) is 9.39. The number of nitrogens with one attached hydrogen (secondary N) is 1. The standard InChI is InChI=1S/C18H20N6O.CH2O2/c1-11-18(25)23-10-4-7-14(23)17-22-21-16(24(11)17)9-8-15-19-12-5-2-3-6-13(12)20-15;2-1-3/h2-3,5-6,11,14H,4,7-10H2,1H3,(H,19,20);1H,(H,2,3)/t11-,14+;/m0./s1. The van der Waals surface area contributed by atoms with Crippen LogP contribution >= 0.6 is 0 Å². The molecule has 9 heteroatoms. The van der Waals surface area contributed by atoms with E-state index in [1.165, 1.54) is 0 Å². The fourth-order valence-corrected chi connectivity index (χ4v) is 4.16. The summed E-state index contributed by atoms with van der Waals surface area (Å²) in [5, 5.41) is 15.7. The molecule has 0 radical (unpaired) electrons. The molecule has 146 valence electrons. The topological polar surface area (TPSA) is 117 Å². The number of aromatic nitrogens is 5. The molecule has 28 heavy (non-hydrogen) atoms. The molecule has 1 fully saturated rings. The van der Waals surface area contributed by atoms with Gasteiger partial charge in [-0.15, -0.1) is 10.2 Å². The van der Waals surface area contributed by atoms with Crippen LogP contribution in [0.1, 0.15) is 49.3 Å². The number of para-hydroxylation sites is 2. The number of aryl methyl sites for hydroxylation is 2. The Bertz CT molecular complexity index is 977. The lowest BCUT2D eigenvalue weighted by atomic mass is 10.1. The second kappa shape index (κ2) is 7.41. The molecule has 2 aliphatic rings.